The first-order chi connectivity index (χ1) is 9.47. The van der Waals surface area contributed by atoms with E-state index in [1.165, 1.54) is 6.42 Å². The summed E-state index contributed by atoms with van der Waals surface area (Å²) in [5, 5.41) is 2.40. The average Bonchev–Trinajstić information content (AvgIpc) is 2.93. The summed E-state index contributed by atoms with van der Waals surface area (Å²) in [6.45, 7) is 2.90. The van der Waals surface area contributed by atoms with Crippen molar-refractivity contribution in [1.29, 1.82) is 0 Å². The Morgan fingerprint density at radius 1 is 1.50 bits per heavy atom. The molecule has 0 aliphatic heterocycles. The minimum Gasteiger partial charge on any atom is -0.464 e. The fraction of sp³-hybridized carbons (Fsp3) is 0.571. The summed E-state index contributed by atoms with van der Waals surface area (Å²) in [6.07, 6.45) is 1.41. The molecule has 0 aromatic carbocycles. The van der Waals surface area contributed by atoms with Crippen LogP contribution in [0.15, 0.2) is 16.5 Å². The van der Waals surface area contributed by atoms with E-state index in [2.05, 4.69) is 12.2 Å². The third-order valence-corrected chi connectivity index (χ3v) is 3.61. The van der Waals surface area contributed by atoms with Crippen LogP contribution in [0.1, 0.15) is 37.2 Å². The summed E-state index contributed by atoms with van der Waals surface area (Å²) >= 11 is 0. The molecule has 2 atom stereocenters. The minimum atomic E-state index is -0.616. The van der Waals surface area contributed by atoms with Gasteiger partial charge in [-0.3, -0.25) is 4.79 Å². The van der Waals surface area contributed by atoms with Crippen LogP contribution in [0.5, 0.6) is 0 Å². The molecule has 1 aliphatic rings. The lowest BCUT2D eigenvalue weighted by atomic mass is 10.3. The van der Waals surface area contributed by atoms with Crippen molar-refractivity contribution in [3.05, 3.63) is 23.7 Å². The van der Waals surface area contributed by atoms with E-state index < -0.39 is 6.03 Å². The van der Waals surface area contributed by atoms with E-state index in [1.54, 1.807) is 11.9 Å². The molecule has 0 bridgehead atoms. The zero-order valence-corrected chi connectivity index (χ0v) is 11.9. The van der Waals surface area contributed by atoms with Crippen molar-refractivity contribution in [1.82, 2.24) is 10.2 Å². The minimum absolute atomic E-state index is 0.0588. The van der Waals surface area contributed by atoms with Crippen LogP contribution < -0.4 is 11.1 Å². The highest BCUT2D eigenvalue weighted by molar-refractivity contribution is 5.77. The molecule has 20 heavy (non-hydrogen) atoms. The number of primary amides is 1. The molecule has 6 nitrogen and oxygen atoms in total. The normalized spacial score (nSPS) is 20.5. The molecule has 0 unspecified atom stereocenters. The summed E-state index contributed by atoms with van der Waals surface area (Å²) in [4.78, 5) is 23.9. The molecule has 1 saturated carbocycles. The van der Waals surface area contributed by atoms with Gasteiger partial charge in [0, 0.05) is 25.9 Å². The standard InChI is InChI=1S/C14H21N3O3/c1-9-7-11(9)12-4-3-10(20-12)8-17(2)13(18)5-6-16-14(15)19/h3-4,9,11H,5-8H2,1-2H3,(H3,15,16,19)/t9-,11-/m0/s1. The second-order valence-electron chi connectivity index (χ2n) is 5.41. The predicted octanol–water partition coefficient (Wildman–Crippen LogP) is 1.42. The number of nitrogens with zero attached hydrogens (tertiary/aromatic N) is 1. The van der Waals surface area contributed by atoms with Crippen LogP contribution in [0.25, 0.3) is 0 Å². The van der Waals surface area contributed by atoms with E-state index in [0.29, 0.717) is 18.4 Å². The van der Waals surface area contributed by atoms with Crippen LogP contribution in [0.3, 0.4) is 0 Å². The summed E-state index contributed by atoms with van der Waals surface area (Å²) in [7, 11) is 1.72. The number of carbonyl (C=O) groups excluding carboxylic acids is 2. The number of rotatable bonds is 6. The highest BCUT2D eigenvalue weighted by Crippen LogP contribution is 2.47. The average molecular weight is 279 g/mol. The molecule has 3 N–H and O–H groups in total. The Labute approximate surface area is 118 Å². The topological polar surface area (TPSA) is 88.6 Å². The van der Waals surface area contributed by atoms with Crippen molar-refractivity contribution in [3.8, 4) is 0 Å². The Morgan fingerprint density at radius 2 is 2.20 bits per heavy atom. The summed E-state index contributed by atoms with van der Waals surface area (Å²) < 4.78 is 5.76. The van der Waals surface area contributed by atoms with Gasteiger partial charge in [0.25, 0.3) is 0 Å². The lowest BCUT2D eigenvalue weighted by molar-refractivity contribution is -0.130. The van der Waals surface area contributed by atoms with Gasteiger partial charge in [0.2, 0.25) is 5.91 Å². The third-order valence-electron chi connectivity index (χ3n) is 3.61. The number of amides is 3. The molecule has 0 spiro atoms. The second-order valence-corrected chi connectivity index (χ2v) is 5.41. The third kappa shape index (κ3) is 3.76. The van der Waals surface area contributed by atoms with Gasteiger partial charge in [0.05, 0.1) is 6.54 Å². The van der Waals surface area contributed by atoms with Gasteiger partial charge in [-0.25, -0.2) is 4.79 Å². The van der Waals surface area contributed by atoms with Gasteiger partial charge in [-0.05, 0) is 24.5 Å². The lowest BCUT2D eigenvalue weighted by Crippen LogP contribution is -2.34. The summed E-state index contributed by atoms with van der Waals surface area (Å²) in [5.41, 5.74) is 4.94. The van der Waals surface area contributed by atoms with E-state index in [9.17, 15) is 9.59 Å². The molecule has 6 heteroatoms. The van der Waals surface area contributed by atoms with Crippen molar-refractivity contribution < 1.29 is 14.0 Å². The number of hydrogen-bond acceptors (Lipinski definition) is 3. The van der Waals surface area contributed by atoms with Crippen molar-refractivity contribution >= 4 is 11.9 Å². The lowest BCUT2D eigenvalue weighted by Gasteiger charge is -2.15. The van der Waals surface area contributed by atoms with Gasteiger partial charge in [-0.15, -0.1) is 0 Å². The summed E-state index contributed by atoms with van der Waals surface area (Å²) in [6, 6.07) is 3.30. The molecule has 1 aromatic heterocycles. The van der Waals surface area contributed by atoms with Crippen LogP contribution in [0.2, 0.25) is 0 Å². The Bertz CT molecular complexity index is 498. The van der Waals surface area contributed by atoms with Crippen LogP contribution in [-0.4, -0.2) is 30.4 Å². The van der Waals surface area contributed by atoms with Crippen LogP contribution >= 0.6 is 0 Å². The molecule has 2 rings (SSSR count). The fourth-order valence-corrected chi connectivity index (χ4v) is 2.20. The molecule has 1 aromatic rings. The molecule has 1 aliphatic carbocycles. The number of furan rings is 1. The van der Waals surface area contributed by atoms with Gasteiger partial charge < -0.3 is 20.4 Å². The van der Waals surface area contributed by atoms with Gasteiger partial charge >= 0.3 is 6.03 Å². The zero-order chi connectivity index (χ0) is 14.7. The fourth-order valence-electron chi connectivity index (χ4n) is 2.20. The molecule has 1 heterocycles. The molecular formula is C14H21N3O3. The van der Waals surface area contributed by atoms with Crippen molar-refractivity contribution in [2.45, 2.75) is 32.2 Å². The van der Waals surface area contributed by atoms with E-state index in [1.807, 2.05) is 12.1 Å². The maximum Gasteiger partial charge on any atom is 0.312 e. The second kappa shape index (κ2) is 5.98. The Morgan fingerprint density at radius 3 is 2.80 bits per heavy atom. The van der Waals surface area contributed by atoms with Gasteiger partial charge in [0.1, 0.15) is 11.5 Å². The van der Waals surface area contributed by atoms with Crippen LogP contribution in [0, 0.1) is 5.92 Å². The Hall–Kier alpha value is -1.98. The molecule has 0 saturated heterocycles. The van der Waals surface area contributed by atoms with E-state index >= 15 is 0 Å². The Kier molecular flexibility index (Phi) is 4.32. The number of carbonyl (C=O) groups is 2. The number of nitrogens with two attached hydrogens (primary N) is 1. The van der Waals surface area contributed by atoms with Crippen LogP contribution in [0.4, 0.5) is 4.79 Å². The van der Waals surface area contributed by atoms with Crippen molar-refractivity contribution in [2.75, 3.05) is 13.6 Å². The van der Waals surface area contributed by atoms with E-state index in [0.717, 1.165) is 11.5 Å². The van der Waals surface area contributed by atoms with Gasteiger partial charge in [-0.1, -0.05) is 6.92 Å². The molecule has 0 radical (unpaired) electrons. The van der Waals surface area contributed by atoms with Crippen molar-refractivity contribution in [2.24, 2.45) is 11.7 Å². The quantitative estimate of drug-likeness (QED) is 0.825. The monoisotopic (exact) mass is 279 g/mol. The molecule has 3 amide bonds. The van der Waals surface area contributed by atoms with Crippen molar-refractivity contribution in [3.63, 3.8) is 0 Å². The predicted molar refractivity (Wildman–Crippen MR) is 73.9 cm³/mol. The van der Waals surface area contributed by atoms with Gasteiger partial charge in [0.15, 0.2) is 0 Å². The molecular weight excluding hydrogens is 258 g/mol. The maximum atomic E-state index is 11.8. The molecule has 110 valence electrons. The first-order valence-electron chi connectivity index (χ1n) is 6.83. The smallest absolute Gasteiger partial charge is 0.312 e. The Balaban J connectivity index is 1.78. The van der Waals surface area contributed by atoms with Crippen LogP contribution in [-0.2, 0) is 11.3 Å². The zero-order valence-electron chi connectivity index (χ0n) is 11.9. The molecule has 1 fully saturated rings. The highest BCUT2D eigenvalue weighted by atomic mass is 16.3. The van der Waals surface area contributed by atoms with E-state index in [4.69, 9.17) is 10.2 Å². The van der Waals surface area contributed by atoms with Gasteiger partial charge in [-0.2, -0.15) is 0 Å². The number of nitrogens with one attached hydrogen (secondary N) is 1. The largest absolute Gasteiger partial charge is 0.464 e. The van der Waals surface area contributed by atoms with E-state index in [-0.39, 0.29) is 18.9 Å². The maximum absolute atomic E-state index is 11.8. The summed E-state index contributed by atoms with van der Waals surface area (Å²) in [5.74, 6) is 3.00. The highest BCUT2D eigenvalue weighted by Gasteiger charge is 2.36. The SMILES string of the molecule is C[C@H]1C[C@@H]1c1ccc(CN(C)C(=O)CCNC(N)=O)o1. The number of hydrogen-bond donors (Lipinski definition) is 2. The first kappa shape index (κ1) is 14.4. The first-order valence-corrected chi connectivity index (χ1v) is 6.83. The number of urea groups is 1.